The molecule has 0 fully saturated rings. The first-order chi connectivity index (χ1) is 5.33. The third-order valence-electron chi connectivity index (χ3n) is 0.941. The molecule has 0 saturated carbocycles. The van der Waals surface area contributed by atoms with Crippen LogP contribution in [0.25, 0.3) is 0 Å². The fraction of sp³-hybridized carbons (Fsp3) is 0.400. The lowest BCUT2D eigenvalue weighted by Gasteiger charge is -2.08. The Morgan fingerprint density at radius 1 is 1.58 bits per heavy atom. The summed E-state index contributed by atoms with van der Waals surface area (Å²) in [5.74, 6) is 0.0319. The molecule has 0 radical (unpaired) electrons. The molecule has 0 aromatic rings. The van der Waals surface area contributed by atoms with Crippen molar-refractivity contribution in [3.63, 3.8) is 0 Å². The third kappa shape index (κ3) is 6.06. The number of rotatable bonds is 3. The van der Waals surface area contributed by atoms with E-state index in [0.717, 1.165) is 13.0 Å². The Morgan fingerprint density at radius 3 is 2.42 bits per heavy atom. The summed E-state index contributed by atoms with van der Waals surface area (Å²) in [4.78, 5) is 27.0. The maximum Gasteiger partial charge on any atom is 0.348 e. The minimum atomic E-state index is -4.18. The van der Waals surface area contributed by atoms with Crippen molar-refractivity contribution in [2.24, 2.45) is 0 Å². The summed E-state index contributed by atoms with van der Waals surface area (Å²) >= 11 is 0. The summed E-state index contributed by atoms with van der Waals surface area (Å²) in [7, 11) is -4.18. The first-order valence-electron chi connectivity index (χ1n) is 3.03. The first-order valence-corrected chi connectivity index (χ1v) is 4.71. The van der Waals surface area contributed by atoms with Crippen LogP contribution in [0.5, 0.6) is 0 Å². The molecular weight excluding hydrogens is 185 g/mol. The van der Waals surface area contributed by atoms with Crippen LogP contribution in [0.2, 0.25) is 0 Å². The first kappa shape index (κ1) is 11.3. The molecule has 0 heterocycles. The number of nitrogens with zero attached hydrogens (tertiary/aromatic N) is 1. The highest BCUT2D eigenvalue weighted by Gasteiger charge is 2.06. The molecule has 0 aliphatic carbocycles. The molecule has 7 heteroatoms. The maximum absolute atomic E-state index is 10.3. The van der Waals surface area contributed by atoms with E-state index in [0.29, 0.717) is 10.9 Å². The molecule has 0 aromatic carbocycles. The van der Waals surface area contributed by atoms with Gasteiger partial charge in [-0.2, -0.15) is 0 Å². The van der Waals surface area contributed by atoms with Gasteiger partial charge in [0.25, 0.3) is 0 Å². The smallest absolute Gasteiger partial charge is 0.321 e. The average Bonchev–Trinajstić information content (AvgIpc) is 1.84. The Kier molecular flexibility index (Phi) is 4.12. The van der Waals surface area contributed by atoms with Crippen LogP contribution in [0.4, 0.5) is 0 Å². The molecule has 0 saturated heterocycles. The lowest BCUT2D eigenvalue weighted by molar-refractivity contribution is -0.160. The van der Waals surface area contributed by atoms with Crippen molar-refractivity contribution in [2.75, 3.05) is 6.54 Å². The van der Waals surface area contributed by atoms with E-state index < -0.39 is 13.5 Å². The number of carbonyl (C=O) groups is 1. The second kappa shape index (κ2) is 4.37. The van der Waals surface area contributed by atoms with Gasteiger partial charge in [0.1, 0.15) is 0 Å². The van der Waals surface area contributed by atoms with E-state index in [4.69, 9.17) is 15.0 Å². The molecule has 12 heavy (non-hydrogen) atoms. The molecule has 1 amide bonds. The Labute approximate surface area is 69.2 Å². The fourth-order valence-corrected chi connectivity index (χ4v) is 0.782. The van der Waals surface area contributed by atoms with Crippen LogP contribution in [0.15, 0.2) is 11.9 Å². The van der Waals surface area contributed by atoms with E-state index in [9.17, 15) is 9.36 Å². The van der Waals surface area contributed by atoms with Gasteiger partial charge in [0.05, 0.1) is 6.54 Å². The quantitative estimate of drug-likeness (QED) is 0.332. The van der Waals surface area contributed by atoms with E-state index in [2.05, 4.69) is 0 Å². The lowest BCUT2D eigenvalue weighted by Crippen LogP contribution is -2.24. The molecular formula is C5H10NO5P. The monoisotopic (exact) mass is 195 g/mol. The SMILES string of the molecule is CC(=O)N(O)CC=CP(=O)(O)O. The molecule has 0 aliphatic rings. The molecule has 3 N–H and O–H groups in total. The Balaban J connectivity index is 3.92. The van der Waals surface area contributed by atoms with E-state index in [-0.39, 0.29) is 6.54 Å². The summed E-state index contributed by atoms with van der Waals surface area (Å²) in [6.45, 7) is 0.895. The molecule has 6 nitrogen and oxygen atoms in total. The van der Waals surface area contributed by atoms with Gasteiger partial charge in [0, 0.05) is 12.7 Å². The zero-order valence-electron chi connectivity index (χ0n) is 6.41. The van der Waals surface area contributed by atoms with Gasteiger partial charge in [0.15, 0.2) is 0 Å². The third-order valence-corrected chi connectivity index (χ3v) is 1.54. The van der Waals surface area contributed by atoms with E-state index in [1.54, 1.807) is 0 Å². The second-order valence-electron chi connectivity index (χ2n) is 2.07. The zero-order valence-corrected chi connectivity index (χ0v) is 7.31. The zero-order chi connectivity index (χ0) is 9.78. The summed E-state index contributed by atoms with van der Waals surface area (Å²) < 4.78 is 10.2. The predicted molar refractivity (Wildman–Crippen MR) is 40.4 cm³/mol. The largest absolute Gasteiger partial charge is 0.348 e. The summed E-state index contributed by atoms with van der Waals surface area (Å²) in [6, 6.07) is 0. The van der Waals surface area contributed by atoms with Crippen molar-refractivity contribution in [1.29, 1.82) is 0 Å². The van der Waals surface area contributed by atoms with Crippen molar-refractivity contribution in [3.8, 4) is 0 Å². The maximum atomic E-state index is 10.3. The topological polar surface area (TPSA) is 98.1 Å². The van der Waals surface area contributed by atoms with Crippen LogP contribution in [-0.4, -0.2) is 32.5 Å². The molecule has 0 spiro atoms. The molecule has 0 bridgehead atoms. The van der Waals surface area contributed by atoms with Crippen LogP contribution >= 0.6 is 7.60 Å². The van der Waals surface area contributed by atoms with E-state index >= 15 is 0 Å². The molecule has 0 aromatic heterocycles. The number of hydroxylamine groups is 2. The van der Waals surface area contributed by atoms with Gasteiger partial charge < -0.3 is 9.79 Å². The molecule has 0 aliphatic heterocycles. The number of amides is 1. The Hall–Kier alpha value is -0.680. The molecule has 0 unspecified atom stereocenters. The van der Waals surface area contributed by atoms with Crippen molar-refractivity contribution in [2.45, 2.75) is 6.92 Å². The summed E-state index contributed by atoms with van der Waals surface area (Å²) in [6.07, 6.45) is 1.02. The van der Waals surface area contributed by atoms with Crippen LogP contribution < -0.4 is 0 Å². The van der Waals surface area contributed by atoms with Gasteiger partial charge in [-0.3, -0.25) is 14.6 Å². The van der Waals surface area contributed by atoms with Gasteiger partial charge in [-0.25, -0.2) is 5.06 Å². The van der Waals surface area contributed by atoms with E-state index in [1.165, 1.54) is 0 Å². The number of hydrogen-bond acceptors (Lipinski definition) is 3. The van der Waals surface area contributed by atoms with Crippen molar-refractivity contribution in [3.05, 3.63) is 11.9 Å². The molecule has 70 valence electrons. The number of carbonyl (C=O) groups excluding carboxylic acids is 1. The number of hydrogen-bond donors (Lipinski definition) is 3. The molecule has 0 rings (SSSR count). The van der Waals surface area contributed by atoms with Crippen LogP contribution in [0.1, 0.15) is 6.92 Å². The van der Waals surface area contributed by atoms with Gasteiger partial charge in [-0.1, -0.05) is 6.08 Å². The Morgan fingerprint density at radius 2 is 2.08 bits per heavy atom. The highest BCUT2D eigenvalue weighted by atomic mass is 31.2. The van der Waals surface area contributed by atoms with Gasteiger partial charge >= 0.3 is 7.60 Å². The molecule has 0 atom stereocenters. The highest BCUT2D eigenvalue weighted by molar-refractivity contribution is 7.55. The highest BCUT2D eigenvalue weighted by Crippen LogP contribution is 2.35. The Bertz CT molecular complexity index is 232. The van der Waals surface area contributed by atoms with Gasteiger partial charge in [-0.05, 0) is 0 Å². The van der Waals surface area contributed by atoms with Crippen molar-refractivity contribution in [1.82, 2.24) is 5.06 Å². The van der Waals surface area contributed by atoms with Crippen LogP contribution in [-0.2, 0) is 9.36 Å². The second-order valence-corrected chi connectivity index (χ2v) is 3.55. The minimum Gasteiger partial charge on any atom is -0.321 e. The van der Waals surface area contributed by atoms with Crippen LogP contribution in [0.3, 0.4) is 0 Å². The van der Waals surface area contributed by atoms with Gasteiger partial charge in [-0.15, -0.1) is 0 Å². The van der Waals surface area contributed by atoms with Crippen molar-refractivity contribution >= 4 is 13.5 Å². The van der Waals surface area contributed by atoms with Crippen LogP contribution in [0, 0.1) is 0 Å². The van der Waals surface area contributed by atoms with Gasteiger partial charge in [0.2, 0.25) is 5.91 Å². The normalized spacial score (nSPS) is 12.0. The lowest BCUT2D eigenvalue weighted by atomic mass is 10.6. The standard InChI is InChI=1S/C5H10NO5P/c1-5(7)6(8)3-2-4-12(9,10)11/h2,4,8H,3H2,1H3,(H2,9,10,11). The fourth-order valence-electron chi connectivity index (χ4n) is 0.413. The summed E-state index contributed by atoms with van der Waals surface area (Å²) in [5, 5.41) is 9.04. The van der Waals surface area contributed by atoms with E-state index in [1.807, 2.05) is 0 Å². The average molecular weight is 195 g/mol. The van der Waals surface area contributed by atoms with Crippen molar-refractivity contribution < 1.29 is 24.4 Å². The predicted octanol–water partition coefficient (Wildman–Crippen LogP) is -0.0845. The minimum absolute atomic E-state index is 0.236. The summed E-state index contributed by atoms with van der Waals surface area (Å²) in [5.41, 5.74) is 0.